The topological polar surface area (TPSA) is 144 Å². The van der Waals surface area contributed by atoms with Gasteiger partial charge in [0.2, 0.25) is 0 Å². The van der Waals surface area contributed by atoms with E-state index in [0.29, 0.717) is 25.7 Å². The van der Waals surface area contributed by atoms with Crippen molar-refractivity contribution in [3.63, 3.8) is 0 Å². The highest BCUT2D eigenvalue weighted by atomic mass is 16.6. The lowest BCUT2D eigenvalue weighted by Crippen LogP contribution is -2.40. The summed E-state index contributed by atoms with van der Waals surface area (Å²) in [5.41, 5.74) is -0.715. The van der Waals surface area contributed by atoms with Gasteiger partial charge in [0.15, 0.2) is 6.10 Å². The Labute approximate surface area is 373 Å². The lowest BCUT2D eigenvalue weighted by Gasteiger charge is -2.22. The van der Waals surface area contributed by atoms with Crippen LogP contribution in [0.5, 0.6) is 0 Å². The largest absolute Gasteiger partial charge is 0.465 e. The van der Waals surface area contributed by atoms with Crippen molar-refractivity contribution in [1.82, 2.24) is 5.32 Å². The third kappa shape index (κ3) is 37.4. The van der Waals surface area contributed by atoms with Crippen LogP contribution in [0.1, 0.15) is 241 Å². The second kappa shape index (κ2) is 40.0. The molecule has 0 aromatic carbocycles. The van der Waals surface area contributed by atoms with Gasteiger partial charge in [-0.25, -0.2) is 4.79 Å². The fourth-order valence-corrected chi connectivity index (χ4v) is 7.21. The molecule has 0 heterocycles. The average molecular weight is 868 g/mol. The Morgan fingerprint density at radius 2 is 0.836 bits per heavy atom. The Kier molecular flexibility index (Phi) is 38.1. The number of carbonyl (C=O) groups is 5. The quantitative estimate of drug-likeness (QED) is 0.0358. The third-order valence-corrected chi connectivity index (χ3v) is 10.9. The van der Waals surface area contributed by atoms with Crippen LogP contribution in [0.3, 0.4) is 0 Å². The predicted molar refractivity (Wildman–Crippen MR) is 245 cm³/mol. The molecule has 0 spiro atoms. The van der Waals surface area contributed by atoms with Gasteiger partial charge < -0.3 is 29.0 Å². The van der Waals surface area contributed by atoms with E-state index in [1.807, 2.05) is 0 Å². The number of nitrogens with one attached hydrogen (secondary N) is 1. The van der Waals surface area contributed by atoms with Crippen molar-refractivity contribution in [1.29, 1.82) is 0 Å². The van der Waals surface area contributed by atoms with E-state index in [9.17, 15) is 24.0 Å². The molecular formula is C50H93NO10. The van der Waals surface area contributed by atoms with Crippen molar-refractivity contribution in [3.05, 3.63) is 0 Å². The van der Waals surface area contributed by atoms with Crippen molar-refractivity contribution >= 4 is 30.0 Å². The van der Waals surface area contributed by atoms with Gasteiger partial charge in [0, 0.05) is 12.8 Å². The van der Waals surface area contributed by atoms with Crippen LogP contribution < -0.4 is 5.32 Å². The van der Waals surface area contributed by atoms with E-state index in [4.69, 9.17) is 23.7 Å². The van der Waals surface area contributed by atoms with Gasteiger partial charge in [-0.15, -0.1) is 0 Å². The van der Waals surface area contributed by atoms with E-state index in [1.165, 1.54) is 64.2 Å². The lowest BCUT2D eigenvalue weighted by molar-refractivity contribution is -0.159. The van der Waals surface area contributed by atoms with E-state index >= 15 is 0 Å². The van der Waals surface area contributed by atoms with Crippen LogP contribution in [0.4, 0.5) is 4.79 Å². The van der Waals surface area contributed by atoms with Gasteiger partial charge in [-0.3, -0.25) is 19.2 Å². The molecule has 0 saturated carbocycles. The number of esters is 4. The molecule has 11 nitrogen and oxygen atoms in total. The molecule has 0 aliphatic rings. The van der Waals surface area contributed by atoms with Gasteiger partial charge in [0.25, 0.3) is 0 Å². The number of alkyl carbamates (subject to hydrolysis) is 1. The van der Waals surface area contributed by atoms with E-state index in [0.717, 1.165) is 89.9 Å². The number of carbonyl (C=O) groups excluding carboxylic acids is 5. The van der Waals surface area contributed by atoms with Gasteiger partial charge in [0.05, 0.1) is 31.6 Å². The molecule has 3 atom stereocenters. The molecule has 0 fully saturated rings. The minimum atomic E-state index is -0.918. The van der Waals surface area contributed by atoms with E-state index in [1.54, 1.807) is 20.8 Å². The summed E-state index contributed by atoms with van der Waals surface area (Å²) in [6.07, 6.45) is 27.3. The van der Waals surface area contributed by atoms with E-state index < -0.39 is 29.7 Å². The summed E-state index contributed by atoms with van der Waals surface area (Å²) in [5, 5.41) is 2.60. The number of amides is 1. The maximum atomic E-state index is 13.0. The van der Waals surface area contributed by atoms with Crippen molar-refractivity contribution in [2.75, 3.05) is 26.4 Å². The van der Waals surface area contributed by atoms with Crippen LogP contribution in [-0.4, -0.2) is 68.0 Å². The maximum absolute atomic E-state index is 13.0. The fraction of sp³-hybridized carbons (Fsp3) is 0.900. The number of rotatable bonds is 41. The number of ether oxygens (including phenoxy) is 5. The molecule has 358 valence electrons. The average Bonchev–Trinajstić information content (AvgIpc) is 3.21. The van der Waals surface area contributed by atoms with Crippen LogP contribution in [0.15, 0.2) is 0 Å². The minimum Gasteiger partial charge on any atom is -0.465 e. The molecular weight excluding hydrogens is 775 g/mol. The molecule has 3 unspecified atom stereocenters. The maximum Gasteiger partial charge on any atom is 0.407 e. The SMILES string of the molecule is CCCCCCCCC(CCCCCC)C(=O)OCCCCC(=O)OCC(CNC(=O)OC(C)(C)C)OC(=O)CCCCOC(=O)C(CCCCCC)CCCCCCCC. The third-order valence-electron chi connectivity index (χ3n) is 10.9. The zero-order chi connectivity index (χ0) is 45.4. The molecule has 11 heteroatoms. The summed E-state index contributed by atoms with van der Waals surface area (Å²) in [7, 11) is 0. The summed E-state index contributed by atoms with van der Waals surface area (Å²) < 4.78 is 27.7. The molecule has 0 saturated heterocycles. The Morgan fingerprint density at radius 1 is 0.459 bits per heavy atom. The van der Waals surface area contributed by atoms with E-state index in [-0.39, 0.29) is 63.0 Å². The smallest absolute Gasteiger partial charge is 0.407 e. The normalized spacial score (nSPS) is 12.9. The Morgan fingerprint density at radius 3 is 1.25 bits per heavy atom. The highest BCUT2D eigenvalue weighted by molar-refractivity contribution is 5.73. The molecule has 0 aromatic rings. The highest BCUT2D eigenvalue weighted by Crippen LogP contribution is 2.22. The molecule has 0 aliphatic heterocycles. The van der Waals surface area contributed by atoms with Gasteiger partial charge in [-0.1, -0.05) is 156 Å². The Bertz CT molecular complexity index is 1110. The molecule has 1 amide bonds. The van der Waals surface area contributed by atoms with Crippen molar-refractivity contribution < 1.29 is 47.7 Å². The second-order valence-electron chi connectivity index (χ2n) is 18.1. The molecule has 1 N–H and O–H groups in total. The zero-order valence-electron chi connectivity index (χ0n) is 40.4. The summed E-state index contributed by atoms with van der Waals surface area (Å²) in [4.78, 5) is 63.8. The minimum absolute atomic E-state index is 0.0679. The monoisotopic (exact) mass is 868 g/mol. The number of hydrogen-bond acceptors (Lipinski definition) is 10. The molecule has 0 rings (SSSR count). The standard InChI is InChI=1S/C50H93NO10/c1-8-12-16-20-22-26-34-42(32-24-18-14-10-3)47(54)57-38-30-28-36-45(52)59-41-44(40-51-49(56)61-50(5,6)7)60-46(53)37-29-31-39-58-48(55)43(33-25-19-15-11-4)35-27-23-21-17-13-9-2/h42-44H,8-41H2,1-7H3,(H,51,56). The first-order chi connectivity index (χ1) is 29.4. The lowest BCUT2D eigenvalue weighted by atomic mass is 9.94. The first kappa shape index (κ1) is 58.1. The second-order valence-corrected chi connectivity index (χ2v) is 18.1. The van der Waals surface area contributed by atoms with Crippen LogP contribution in [-0.2, 0) is 42.9 Å². The summed E-state index contributed by atoms with van der Waals surface area (Å²) >= 11 is 0. The number of hydrogen-bond donors (Lipinski definition) is 1. The van der Waals surface area contributed by atoms with Crippen molar-refractivity contribution in [2.24, 2.45) is 11.8 Å². The van der Waals surface area contributed by atoms with Gasteiger partial charge >= 0.3 is 30.0 Å². The van der Waals surface area contributed by atoms with Crippen LogP contribution in [0, 0.1) is 11.8 Å². The zero-order valence-corrected chi connectivity index (χ0v) is 40.4. The summed E-state index contributed by atoms with van der Waals surface area (Å²) in [6.45, 7) is 14.2. The van der Waals surface area contributed by atoms with E-state index in [2.05, 4.69) is 33.0 Å². The predicted octanol–water partition coefficient (Wildman–Crippen LogP) is 13.1. The van der Waals surface area contributed by atoms with Crippen molar-refractivity contribution in [3.8, 4) is 0 Å². The van der Waals surface area contributed by atoms with Gasteiger partial charge in [0.1, 0.15) is 12.2 Å². The van der Waals surface area contributed by atoms with Crippen LogP contribution in [0.25, 0.3) is 0 Å². The Hall–Kier alpha value is -2.85. The highest BCUT2D eigenvalue weighted by Gasteiger charge is 2.23. The first-order valence-corrected chi connectivity index (χ1v) is 25.0. The molecule has 61 heavy (non-hydrogen) atoms. The Balaban J connectivity index is 4.87. The van der Waals surface area contributed by atoms with Crippen LogP contribution >= 0.6 is 0 Å². The molecule has 0 bridgehead atoms. The molecule has 0 aromatic heterocycles. The fourth-order valence-electron chi connectivity index (χ4n) is 7.21. The van der Waals surface area contributed by atoms with Crippen molar-refractivity contribution in [2.45, 2.75) is 253 Å². The first-order valence-electron chi connectivity index (χ1n) is 25.0. The summed E-state index contributed by atoms with van der Waals surface area (Å²) in [6, 6.07) is 0. The molecule has 0 aliphatic carbocycles. The van der Waals surface area contributed by atoms with Gasteiger partial charge in [-0.2, -0.15) is 0 Å². The van der Waals surface area contributed by atoms with Gasteiger partial charge in [-0.05, 0) is 72.1 Å². The summed E-state index contributed by atoms with van der Waals surface area (Å²) in [5.74, 6) is -1.38. The van der Waals surface area contributed by atoms with Crippen LogP contribution in [0.2, 0.25) is 0 Å². The molecule has 0 radical (unpaired) electrons. The number of unbranched alkanes of at least 4 members (excludes halogenated alkanes) is 18.